The summed E-state index contributed by atoms with van der Waals surface area (Å²) in [6.45, 7) is 1.46. The first-order chi connectivity index (χ1) is 9.16. The van der Waals surface area contributed by atoms with Gasteiger partial charge in [0.15, 0.2) is 17.6 Å². The molecular formula is C14H13NO4. The van der Waals surface area contributed by atoms with Crippen LogP contribution < -0.4 is 9.47 Å². The summed E-state index contributed by atoms with van der Waals surface area (Å²) in [5, 5.41) is 8.85. The van der Waals surface area contributed by atoms with Gasteiger partial charge in [0.05, 0.1) is 0 Å². The van der Waals surface area contributed by atoms with E-state index in [0.29, 0.717) is 17.4 Å². The molecule has 5 heteroatoms. The normalized spacial score (nSPS) is 11.6. The first-order valence-corrected chi connectivity index (χ1v) is 5.74. The maximum Gasteiger partial charge on any atom is 0.344 e. The van der Waals surface area contributed by atoms with Crippen molar-refractivity contribution in [3.8, 4) is 17.4 Å². The number of aliphatic carboxylic acids is 1. The molecule has 0 aliphatic carbocycles. The SMILES string of the molecule is CC(Oc1ccccc1Oc1ccccn1)C(=O)O. The van der Waals surface area contributed by atoms with Crippen molar-refractivity contribution in [3.63, 3.8) is 0 Å². The van der Waals surface area contributed by atoms with Crippen molar-refractivity contribution in [2.75, 3.05) is 0 Å². The molecule has 0 radical (unpaired) electrons. The second-order valence-electron chi connectivity index (χ2n) is 3.82. The summed E-state index contributed by atoms with van der Waals surface area (Å²) >= 11 is 0. The van der Waals surface area contributed by atoms with Crippen LogP contribution in [0, 0.1) is 0 Å². The number of aromatic nitrogens is 1. The summed E-state index contributed by atoms with van der Waals surface area (Å²) in [5.41, 5.74) is 0. The van der Waals surface area contributed by atoms with Gasteiger partial charge in [-0.15, -0.1) is 0 Å². The number of carboxylic acids is 1. The van der Waals surface area contributed by atoms with Gasteiger partial charge in [0.25, 0.3) is 0 Å². The zero-order valence-electron chi connectivity index (χ0n) is 10.3. The number of para-hydroxylation sites is 2. The highest BCUT2D eigenvalue weighted by Crippen LogP contribution is 2.30. The van der Waals surface area contributed by atoms with Crippen molar-refractivity contribution in [1.82, 2.24) is 4.98 Å². The Hall–Kier alpha value is -2.56. The number of rotatable bonds is 5. The van der Waals surface area contributed by atoms with Crippen molar-refractivity contribution in [2.24, 2.45) is 0 Å². The Morgan fingerprint density at radius 1 is 1.16 bits per heavy atom. The zero-order valence-corrected chi connectivity index (χ0v) is 10.3. The fourth-order valence-corrected chi connectivity index (χ4v) is 1.39. The summed E-state index contributed by atoms with van der Waals surface area (Å²) < 4.78 is 10.9. The number of hydrogen-bond donors (Lipinski definition) is 1. The molecule has 1 unspecified atom stereocenters. The molecule has 1 N–H and O–H groups in total. The number of benzene rings is 1. The molecule has 1 heterocycles. The quantitative estimate of drug-likeness (QED) is 0.894. The molecular weight excluding hydrogens is 246 g/mol. The van der Waals surface area contributed by atoms with Crippen LogP contribution in [0.3, 0.4) is 0 Å². The van der Waals surface area contributed by atoms with E-state index in [4.69, 9.17) is 14.6 Å². The molecule has 0 aliphatic rings. The van der Waals surface area contributed by atoms with Crippen LogP contribution in [-0.4, -0.2) is 22.2 Å². The molecule has 0 amide bonds. The largest absolute Gasteiger partial charge is 0.479 e. The Balaban J connectivity index is 2.19. The predicted octanol–water partition coefficient (Wildman–Crippen LogP) is 2.73. The monoisotopic (exact) mass is 259 g/mol. The van der Waals surface area contributed by atoms with E-state index in [1.165, 1.54) is 6.92 Å². The van der Waals surface area contributed by atoms with Gasteiger partial charge in [-0.2, -0.15) is 0 Å². The Bertz CT molecular complexity index is 556. The maximum absolute atomic E-state index is 10.8. The first kappa shape index (κ1) is 12.9. The van der Waals surface area contributed by atoms with Crippen molar-refractivity contribution in [2.45, 2.75) is 13.0 Å². The zero-order chi connectivity index (χ0) is 13.7. The summed E-state index contributed by atoms with van der Waals surface area (Å²) in [7, 11) is 0. The molecule has 1 atom stereocenters. The fraction of sp³-hybridized carbons (Fsp3) is 0.143. The Kier molecular flexibility index (Phi) is 3.97. The van der Waals surface area contributed by atoms with Crippen LogP contribution in [0.15, 0.2) is 48.7 Å². The van der Waals surface area contributed by atoms with E-state index in [1.807, 2.05) is 0 Å². The number of hydrogen-bond acceptors (Lipinski definition) is 4. The van der Waals surface area contributed by atoms with Crippen LogP contribution in [0.2, 0.25) is 0 Å². The lowest BCUT2D eigenvalue weighted by Gasteiger charge is -2.14. The molecule has 0 aliphatic heterocycles. The van der Waals surface area contributed by atoms with Gasteiger partial charge in [-0.3, -0.25) is 0 Å². The van der Waals surface area contributed by atoms with Crippen LogP contribution >= 0.6 is 0 Å². The van der Waals surface area contributed by atoms with Gasteiger partial charge >= 0.3 is 5.97 Å². The Morgan fingerprint density at radius 3 is 2.47 bits per heavy atom. The molecule has 1 aromatic carbocycles. The number of pyridine rings is 1. The lowest BCUT2D eigenvalue weighted by atomic mass is 10.3. The number of carbonyl (C=O) groups is 1. The van der Waals surface area contributed by atoms with Crippen molar-refractivity contribution < 1.29 is 19.4 Å². The topological polar surface area (TPSA) is 68.7 Å². The third kappa shape index (κ3) is 3.45. The van der Waals surface area contributed by atoms with Crippen LogP contribution in [0.5, 0.6) is 17.4 Å². The number of ether oxygens (including phenoxy) is 2. The second kappa shape index (κ2) is 5.86. The average molecular weight is 259 g/mol. The van der Waals surface area contributed by atoms with Gasteiger partial charge in [-0.1, -0.05) is 18.2 Å². The van der Waals surface area contributed by atoms with E-state index in [-0.39, 0.29) is 0 Å². The second-order valence-corrected chi connectivity index (χ2v) is 3.82. The standard InChI is InChI=1S/C14H13NO4/c1-10(14(16)17)18-11-6-2-3-7-12(11)19-13-8-4-5-9-15-13/h2-10H,1H3,(H,16,17). The molecule has 0 bridgehead atoms. The van der Waals surface area contributed by atoms with E-state index in [9.17, 15) is 4.79 Å². The molecule has 1 aromatic heterocycles. The molecule has 19 heavy (non-hydrogen) atoms. The van der Waals surface area contributed by atoms with Gasteiger partial charge in [-0.05, 0) is 25.1 Å². The van der Waals surface area contributed by atoms with Gasteiger partial charge < -0.3 is 14.6 Å². The third-order valence-electron chi connectivity index (χ3n) is 2.35. The van der Waals surface area contributed by atoms with Gasteiger partial charge in [0, 0.05) is 12.3 Å². The lowest BCUT2D eigenvalue weighted by Crippen LogP contribution is -2.23. The van der Waals surface area contributed by atoms with Crippen LogP contribution in [-0.2, 0) is 4.79 Å². The predicted molar refractivity (Wildman–Crippen MR) is 68.5 cm³/mol. The highest BCUT2D eigenvalue weighted by atomic mass is 16.5. The summed E-state index contributed by atoms with van der Waals surface area (Å²) in [6.07, 6.45) is 0.659. The summed E-state index contributed by atoms with van der Waals surface area (Å²) in [4.78, 5) is 14.8. The molecule has 0 fully saturated rings. The number of nitrogens with zero attached hydrogens (tertiary/aromatic N) is 1. The average Bonchev–Trinajstić information content (AvgIpc) is 2.42. The van der Waals surface area contributed by atoms with Crippen LogP contribution in [0.25, 0.3) is 0 Å². The minimum absolute atomic E-state index is 0.364. The summed E-state index contributed by atoms with van der Waals surface area (Å²) in [5.74, 6) is 0.173. The maximum atomic E-state index is 10.8. The van der Waals surface area contributed by atoms with E-state index < -0.39 is 12.1 Å². The third-order valence-corrected chi connectivity index (χ3v) is 2.35. The van der Waals surface area contributed by atoms with E-state index >= 15 is 0 Å². The minimum atomic E-state index is -1.03. The molecule has 2 aromatic rings. The molecule has 5 nitrogen and oxygen atoms in total. The Morgan fingerprint density at radius 2 is 1.84 bits per heavy atom. The van der Waals surface area contributed by atoms with Crippen LogP contribution in [0.4, 0.5) is 0 Å². The van der Waals surface area contributed by atoms with E-state index in [1.54, 1.807) is 48.7 Å². The van der Waals surface area contributed by atoms with Crippen LogP contribution in [0.1, 0.15) is 6.92 Å². The highest BCUT2D eigenvalue weighted by molar-refractivity contribution is 5.72. The molecule has 0 saturated carbocycles. The Labute approximate surface area is 110 Å². The lowest BCUT2D eigenvalue weighted by molar-refractivity contribution is -0.144. The summed E-state index contributed by atoms with van der Waals surface area (Å²) in [6, 6.07) is 12.1. The van der Waals surface area contributed by atoms with Gasteiger partial charge in [-0.25, -0.2) is 9.78 Å². The van der Waals surface area contributed by atoms with E-state index in [0.717, 1.165) is 0 Å². The molecule has 0 saturated heterocycles. The smallest absolute Gasteiger partial charge is 0.344 e. The molecule has 0 spiro atoms. The highest BCUT2D eigenvalue weighted by Gasteiger charge is 2.15. The van der Waals surface area contributed by atoms with Gasteiger partial charge in [0.2, 0.25) is 5.88 Å². The fourth-order valence-electron chi connectivity index (χ4n) is 1.39. The van der Waals surface area contributed by atoms with Crippen molar-refractivity contribution >= 4 is 5.97 Å². The number of carboxylic acid groups (broad SMARTS) is 1. The van der Waals surface area contributed by atoms with Crippen molar-refractivity contribution in [1.29, 1.82) is 0 Å². The first-order valence-electron chi connectivity index (χ1n) is 5.74. The molecule has 98 valence electrons. The molecule has 2 rings (SSSR count). The minimum Gasteiger partial charge on any atom is -0.479 e. The van der Waals surface area contributed by atoms with E-state index in [2.05, 4.69) is 4.98 Å². The van der Waals surface area contributed by atoms with Gasteiger partial charge in [0.1, 0.15) is 0 Å². The van der Waals surface area contributed by atoms with Crippen molar-refractivity contribution in [3.05, 3.63) is 48.7 Å².